The van der Waals surface area contributed by atoms with Gasteiger partial charge in [0.1, 0.15) is 11.6 Å². The van der Waals surface area contributed by atoms with E-state index in [1.165, 1.54) is 12.0 Å². The predicted octanol–water partition coefficient (Wildman–Crippen LogP) is 3.71. The lowest BCUT2D eigenvalue weighted by Gasteiger charge is -2.38. The number of nitrogens with zero attached hydrogens (tertiary/aromatic N) is 3. The van der Waals surface area contributed by atoms with Crippen molar-refractivity contribution in [3.8, 4) is 5.75 Å². The normalized spacial score (nSPS) is 26.3. The minimum absolute atomic E-state index is 0.00624. The summed E-state index contributed by atoms with van der Waals surface area (Å²) in [7, 11) is 0. The zero-order valence-electron chi connectivity index (χ0n) is 23.4. The fourth-order valence-electron chi connectivity index (χ4n) is 7.14. The van der Waals surface area contributed by atoms with Crippen molar-refractivity contribution in [1.29, 1.82) is 0 Å². The number of carbonyl (C=O) groups is 2. The van der Waals surface area contributed by atoms with Crippen LogP contribution in [-0.2, 0) is 6.42 Å². The van der Waals surface area contributed by atoms with E-state index in [2.05, 4.69) is 34.3 Å². The van der Waals surface area contributed by atoms with Crippen LogP contribution in [0.25, 0.3) is 0 Å². The second kappa shape index (κ2) is 10.8. The van der Waals surface area contributed by atoms with E-state index in [-0.39, 0.29) is 23.9 Å². The molecule has 1 aliphatic carbocycles. The molecule has 2 amide bonds. The maximum Gasteiger partial charge on any atom is 0.253 e. The molecule has 0 radical (unpaired) electrons. The Morgan fingerprint density at radius 1 is 1.03 bits per heavy atom. The number of amides is 2. The molecule has 3 aliphatic heterocycles. The highest BCUT2D eigenvalue weighted by atomic mass is 16.5. The number of aromatic nitrogens is 1. The van der Waals surface area contributed by atoms with Crippen molar-refractivity contribution >= 4 is 17.6 Å². The molecule has 3 fully saturated rings. The molecular weight excluding hydrogens is 490 g/mol. The monoisotopic (exact) mass is 531 g/mol. The molecule has 3 unspecified atom stereocenters. The number of carbonyl (C=O) groups excluding carboxylic acids is 2. The third-order valence-corrected chi connectivity index (χ3v) is 9.31. The summed E-state index contributed by atoms with van der Waals surface area (Å²) in [5.74, 6) is 2.29. The van der Waals surface area contributed by atoms with Crippen LogP contribution in [0, 0.1) is 12.8 Å². The summed E-state index contributed by atoms with van der Waals surface area (Å²) in [4.78, 5) is 35.6. The standard InChI is InChI=1S/C31H41N5O3/c1-19(2)35-13-10-24(18-35)33-30(37)23-7-9-28(32-17-23)36-12-4-5-22-15-25(16-27(22)36)34-31(38)26-8-6-21-11-14-39-29(21)20(26)3/h6-9,17,19,22,24-25,27H,4-5,10-16,18H2,1-3H3,(H,33,37)(H,34,38)/t22?,24-,25?,27?/m1/s1. The highest BCUT2D eigenvalue weighted by molar-refractivity contribution is 5.97. The van der Waals surface area contributed by atoms with E-state index in [1.807, 2.05) is 31.2 Å². The van der Waals surface area contributed by atoms with E-state index in [4.69, 9.17) is 9.72 Å². The number of fused-ring (bicyclic) bond motifs is 2. The topological polar surface area (TPSA) is 86.8 Å². The number of rotatable bonds is 6. The van der Waals surface area contributed by atoms with Crippen LogP contribution in [0.15, 0.2) is 30.5 Å². The molecule has 1 saturated carbocycles. The van der Waals surface area contributed by atoms with Crippen molar-refractivity contribution in [3.63, 3.8) is 0 Å². The lowest BCUT2D eigenvalue weighted by atomic mass is 9.92. The predicted molar refractivity (Wildman–Crippen MR) is 152 cm³/mol. The fraction of sp³-hybridized carbons (Fsp3) is 0.581. The highest BCUT2D eigenvalue weighted by Crippen LogP contribution is 2.39. The van der Waals surface area contributed by atoms with Gasteiger partial charge in [-0.2, -0.15) is 0 Å². The van der Waals surface area contributed by atoms with Gasteiger partial charge in [-0.15, -0.1) is 0 Å². The largest absolute Gasteiger partial charge is 0.493 e. The zero-order valence-corrected chi connectivity index (χ0v) is 23.4. The lowest BCUT2D eigenvalue weighted by molar-refractivity contribution is 0.0927. The van der Waals surface area contributed by atoms with Crippen LogP contribution in [0.5, 0.6) is 5.75 Å². The van der Waals surface area contributed by atoms with E-state index in [0.717, 1.165) is 68.9 Å². The Morgan fingerprint density at radius 2 is 1.87 bits per heavy atom. The van der Waals surface area contributed by atoms with Crippen LogP contribution in [0.4, 0.5) is 5.82 Å². The Hall–Kier alpha value is -3.13. The molecule has 0 spiro atoms. The van der Waals surface area contributed by atoms with Gasteiger partial charge < -0.3 is 20.3 Å². The maximum absolute atomic E-state index is 13.2. The number of anilines is 1. The number of nitrogens with one attached hydrogen (secondary N) is 2. The molecule has 4 atom stereocenters. The molecule has 39 heavy (non-hydrogen) atoms. The number of hydrogen-bond acceptors (Lipinski definition) is 6. The molecule has 2 N–H and O–H groups in total. The lowest BCUT2D eigenvalue weighted by Crippen LogP contribution is -2.43. The summed E-state index contributed by atoms with van der Waals surface area (Å²) in [6.07, 6.45) is 7.81. The molecule has 0 bridgehead atoms. The van der Waals surface area contributed by atoms with Crippen LogP contribution in [0.1, 0.15) is 77.8 Å². The summed E-state index contributed by atoms with van der Waals surface area (Å²) in [5.41, 5.74) is 3.46. The van der Waals surface area contributed by atoms with Gasteiger partial charge in [-0.3, -0.25) is 14.5 Å². The Bertz CT molecular complexity index is 1230. The Kier molecular flexibility index (Phi) is 7.23. The van der Waals surface area contributed by atoms with Crippen molar-refractivity contribution in [3.05, 3.63) is 52.7 Å². The molecule has 2 saturated heterocycles. The van der Waals surface area contributed by atoms with Crippen molar-refractivity contribution in [2.75, 3.05) is 31.1 Å². The Balaban J connectivity index is 1.08. The van der Waals surface area contributed by atoms with Crippen molar-refractivity contribution in [1.82, 2.24) is 20.5 Å². The Labute approximate surface area is 231 Å². The number of pyridine rings is 1. The third-order valence-electron chi connectivity index (χ3n) is 9.31. The molecule has 6 rings (SSSR count). The zero-order chi connectivity index (χ0) is 27.1. The van der Waals surface area contributed by atoms with Crippen molar-refractivity contribution in [2.45, 2.75) is 83.5 Å². The second-order valence-electron chi connectivity index (χ2n) is 12.1. The first-order valence-corrected chi connectivity index (χ1v) is 14.7. The van der Waals surface area contributed by atoms with Gasteiger partial charge in [0.25, 0.3) is 11.8 Å². The minimum atomic E-state index is -0.0444. The minimum Gasteiger partial charge on any atom is -0.493 e. The molecule has 208 valence electrons. The summed E-state index contributed by atoms with van der Waals surface area (Å²) in [6.45, 7) is 9.96. The molecular formula is C31H41N5O3. The summed E-state index contributed by atoms with van der Waals surface area (Å²) >= 11 is 0. The number of piperidine rings is 1. The van der Waals surface area contributed by atoms with E-state index < -0.39 is 0 Å². The molecule has 1 aromatic heterocycles. The van der Waals surface area contributed by atoms with E-state index in [9.17, 15) is 9.59 Å². The van der Waals surface area contributed by atoms with Gasteiger partial charge in [-0.1, -0.05) is 6.07 Å². The second-order valence-corrected chi connectivity index (χ2v) is 12.1. The number of hydrogen-bond donors (Lipinski definition) is 2. The first kappa shape index (κ1) is 26.1. The van der Waals surface area contributed by atoms with Gasteiger partial charge in [-0.05, 0) is 82.6 Å². The summed E-state index contributed by atoms with van der Waals surface area (Å²) in [5, 5.41) is 6.51. The van der Waals surface area contributed by atoms with Gasteiger partial charge in [-0.25, -0.2) is 4.98 Å². The van der Waals surface area contributed by atoms with Crippen molar-refractivity contribution < 1.29 is 14.3 Å². The van der Waals surface area contributed by atoms with E-state index >= 15 is 0 Å². The average molecular weight is 532 g/mol. The quantitative estimate of drug-likeness (QED) is 0.591. The molecule has 1 aromatic carbocycles. The molecule has 8 nitrogen and oxygen atoms in total. The molecule has 2 aromatic rings. The summed E-state index contributed by atoms with van der Waals surface area (Å²) < 4.78 is 5.78. The van der Waals surface area contributed by atoms with Crippen molar-refractivity contribution in [2.24, 2.45) is 5.92 Å². The van der Waals surface area contributed by atoms with E-state index in [1.54, 1.807) is 6.20 Å². The van der Waals surface area contributed by atoms with Gasteiger partial charge >= 0.3 is 0 Å². The first-order chi connectivity index (χ1) is 18.9. The van der Waals surface area contributed by atoms with Crippen LogP contribution in [0.2, 0.25) is 0 Å². The van der Waals surface area contributed by atoms with Crippen LogP contribution in [-0.4, -0.2) is 72.1 Å². The maximum atomic E-state index is 13.2. The van der Waals surface area contributed by atoms with Gasteiger partial charge in [0.05, 0.1) is 12.2 Å². The van der Waals surface area contributed by atoms with Crippen LogP contribution < -0.4 is 20.3 Å². The summed E-state index contributed by atoms with van der Waals surface area (Å²) in [6, 6.07) is 9.06. The average Bonchev–Trinajstić information content (AvgIpc) is 3.68. The SMILES string of the molecule is Cc1c(C(=O)NC2CC3CCCN(c4ccc(C(=O)N[C@@H]5CCN(C(C)C)C5)cn4)C3C2)ccc2c1OCC2. The van der Waals surface area contributed by atoms with Gasteiger partial charge in [0.2, 0.25) is 0 Å². The number of ether oxygens (including phenoxy) is 1. The highest BCUT2D eigenvalue weighted by Gasteiger charge is 2.41. The number of benzene rings is 1. The Morgan fingerprint density at radius 3 is 2.64 bits per heavy atom. The molecule has 4 aliphatic rings. The van der Waals surface area contributed by atoms with Crippen LogP contribution in [0.3, 0.4) is 0 Å². The fourth-order valence-corrected chi connectivity index (χ4v) is 7.14. The molecule has 4 heterocycles. The number of likely N-dealkylation sites (tertiary alicyclic amines) is 1. The first-order valence-electron chi connectivity index (χ1n) is 14.7. The smallest absolute Gasteiger partial charge is 0.253 e. The van der Waals surface area contributed by atoms with Gasteiger partial charge in [0.15, 0.2) is 0 Å². The van der Waals surface area contributed by atoms with Crippen LogP contribution >= 0.6 is 0 Å². The van der Waals surface area contributed by atoms with E-state index in [0.29, 0.717) is 35.7 Å². The van der Waals surface area contributed by atoms with Gasteiger partial charge in [0, 0.05) is 67.5 Å². The third kappa shape index (κ3) is 5.23. The molecule has 8 heteroatoms.